The SMILES string of the molecule is CC1(C)c2ccccc2N(c2ccc3c(c2)C2(c4ccccc4-3)c3ccc4ccccc4c3Oc3c2ccc2ccccc32)c2ccccc21. The zero-order valence-electron chi connectivity index (χ0n) is 27.9. The van der Waals surface area contributed by atoms with Crippen LogP contribution in [0.4, 0.5) is 17.1 Å². The molecule has 0 fully saturated rings. The lowest BCUT2D eigenvalue weighted by atomic mass is 9.65. The maximum atomic E-state index is 7.17. The van der Waals surface area contributed by atoms with Crippen molar-refractivity contribution in [1.82, 2.24) is 0 Å². The Morgan fingerprint density at radius 1 is 0.420 bits per heavy atom. The van der Waals surface area contributed by atoms with Crippen LogP contribution in [0.3, 0.4) is 0 Å². The van der Waals surface area contributed by atoms with E-state index in [1.54, 1.807) is 0 Å². The lowest BCUT2D eigenvalue weighted by Gasteiger charge is -2.43. The van der Waals surface area contributed by atoms with Crippen molar-refractivity contribution in [3.63, 3.8) is 0 Å². The zero-order valence-corrected chi connectivity index (χ0v) is 27.9. The molecule has 0 radical (unpaired) electrons. The normalized spacial score (nSPS) is 15.4. The van der Waals surface area contributed by atoms with Gasteiger partial charge in [0.25, 0.3) is 0 Å². The Hall–Kier alpha value is -6.12. The lowest BCUT2D eigenvalue weighted by Crippen LogP contribution is -2.33. The Labute approximate surface area is 291 Å². The molecule has 0 atom stereocenters. The fraction of sp³-hybridized carbons (Fsp3) is 0.0833. The average molecular weight is 640 g/mol. The Morgan fingerprint density at radius 2 is 0.920 bits per heavy atom. The first-order valence-electron chi connectivity index (χ1n) is 17.5. The summed E-state index contributed by atoms with van der Waals surface area (Å²) < 4.78 is 7.17. The quantitative estimate of drug-likeness (QED) is 0.177. The molecule has 0 saturated carbocycles. The van der Waals surface area contributed by atoms with Gasteiger partial charge < -0.3 is 9.64 Å². The summed E-state index contributed by atoms with van der Waals surface area (Å²) in [6, 6.07) is 60.5. The van der Waals surface area contributed by atoms with Gasteiger partial charge >= 0.3 is 0 Å². The molecule has 0 aromatic heterocycles. The van der Waals surface area contributed by atoms with E-state index in [0.717, 1.165) is 28.0 Å². The molecular formula is C48H33NO. The van der Waals surface area contributed by atoms with Crippen LogP contribution in [-0.2, 0) is 10.8 Å². The molecular weight excluding hydrogens is 607 g/mol. The van der Waals surface area contributed by atoms with Gasteiger partial charge in [0.15, 0.2) is 0 Å². The third kappa shape index (κ3) is 3.38. The summed E-state index contributed by atoms with van der Waals surface area (Å²) in [5.41, 5.74) is 13.0. The van der Waals surface area contributed by atoms with Gasteiger partial charge in [-0.05, 0) is 68.4 Å². The summed E-state index contributed by atoms with van der Waals surface area (Å²) >= 11 is 0. The van der Waals surface area contributed by atoms with Crippen molar-refractivity contribution in [1.29, 1.82) is 0 Å². The molecule has 3 aliphatic rings. The van der Waals surface area contributed by atoms with Crippen molar-refractivity contribution in [3.05, 3.63) is 197 Å². The van der Waals surface area contributed by atoms with Gasteiger partial charge in [0.05, 0.1) is 16.8 Å². The Morgan fingerprint density at radius 3 is 1.54 bits per heavy atom. The van der Waals surface area contributed by atoms with Gasteiger partial charge in [0.2, 0.25) is 0 Å². The first-order valence-corrected chi connectivity index (χ1v) is 17.5. The number of rotatable bonds is 1. The molecule has 8 aromatic rings. The van der Waals surface area contributed by atoms with E-state index in [1.807, 2.05) is 0 Å². The number of hydrogen-bond donors (Lipinski definition) is 0. The molecule has 2 aliphatic heterocycles. The van der Waals surface area contributed by atoms with Crippen LogP contribution < -0.4 is 9.64 Å². The number of ether oxygens (including phenoxy) is 1. The summed E-state index contributed by atoms with van der Waals surface area (Å²) in [7, 11) is 0. The van der Waals surface area contributed by atoms with Gasteiger partial charge in [0, 0.05) is 33.0 Å². The van der Waals surface area contributed by atoms with Crippen molar-refractivity contribution in [3.8, 4) is 22.6 Å². The minimum atomic E-state index is -0.590. The van der Waals surface area contributed by atoms with Crippen LogP contribution in [-0.4, -0.2) is 0 Å². The van der Waals surface area contributed by atoms with Crippen LogP contribution >= 0.6 is 0 Å². The van der Waals surface area contributed by atoms with Crippen LogP contribution in [0, 0.1) is 0 Å². The second kappa shape index (κ2) is 9.74. The molecule has 50 heavy (non-hydrogen) atoms. The summed E-state index contributed by atoms with van der Waals surface area (Å²) in [5, 5.41) is 4.61. The molecule has 2 nitrogen and oxygen atoms in total. The molecule has 2 heterocycles. The number of para-hydroxylation sites is 2. The van der Waals surface area contributed by atoms with Gasteiger partial charge in [-0.15, -0.1) is 0 Å². The van der Waals surface area contributed by atoms with E-state index in [9.17, 15) is 0 Å². The van der Waals surface area contributed by atoms with Gasteiger partial charge in [0.1, 0.15) is 11.5 Å². The predicted molar refractivity (Wildman–Crippen MR) is 206 cm³/mol. The maximum Gasteiger partial charge on any atom is 0.140 e. The van der Waals surface area contributed by atoms with Gasteiger partial charge in [-0.1, -0.05) is 153 Å². The molecule has 1 aliphatic carbocycles. The van der Waals surface area contributed by atoms with E-state index in [1.165, 1.54) is 66.7 Å². The van der Waals surface area contributed by atoms with Crippen LogP contribution in [0.1, 0.15) is 47.2 Å². The molecule has 0 bridgehead atoms. The third-order valence-electron chi connectivity index (χ3n) is 11.7. The first-order chi connectivity index (χ1) is 24.6. The standard InChI is InChI=1S/C48H33NO/c1-47(2)38-19-9-11-21-43(38)49(44-22-12-10-20-39(44)47)32-25-26-36-35-17-7-8-18-37(35)48(42(36)29-32)40-27-23-30-13-3-5-15-33(30)45(40)50-46-34-16-6-4-14-31(34)24-28-41(46)48/h3-29H,1-2H3. The minimum Gasteiger partial charge on any atom is -0.455 e. The van der Waals surface area contributed by atoms with Crippen molar-refractivity contribution in [2.75, 3.05) is 4.90 Å². The fourth-order valence-corrected chi connectivity index (χ4v) is 9.48. The third-order valence-corrected chi connectivity index (χ3v) is 11.7. The van der Waals surface area contributed by atoms with Crippen molar-refractivity contribution in [2.24, 2.45) is 0 Å². The fourth-order valence-electron chi connectivity index (χ4n) is 9.48. The van der Waals surface area contributed by atoms with E-state index < -0.39 is 5.41 Å². The summed E-state index contributed by atoms with van der Waals surface area (Å²) in [6.45, 7) is 4.70. The zero-order chi connectivity index (χ0) is 33.2. The Balaban J connectivity index is 1.27. The molecule has 1 spiro atoms. The van der Waals surface area contributed by atoms with E-state index >= 15 is 0 Å². The molecule has 0 saturated heterocycles. The second-order valence-electron chi connectivity index (χ2n) is 14.4. The number of anilines is 3. The summed E-state index contributed by atoms with van der Waals surface area (Å²) in [4.78, 5) is 2.48. The van der Waals surface area contributed by atoms with E-state index in [0.29, 0.717) is 0 Å². The Bertz CT molecular complexity index is 2600. The largest absolute Gasteiger partial charge is 0.455 e. The highest BCUT2D eigenvalue weighted by molar-refractivity contribution is 6.00. The molecule has 0 N–H and O–H groups in total. The van der Waals surface area contributed by atoms with Crippen LogP contribution in [0.5, 0.6) is 11.5 Å². The summed E-state index contributed by atoms with van der Waals surface area (Å²) in [5.74, 6) is 1.88. The highest BCUT2D eigenvalue weighted by Crippen LogP contribution is 2.64. The highest BCUT2D eigenvalue weighted by Gasteiger charge is 2.52. The average Bonchev–Trinajstić information content (AvgIpc) is 3.45. The minimum absolute atomic E-state index is 0.126. The maximum absolute atomic E-state index is 7.17. The van der Waals surface area contributed by atoms with E-state index in [4.69, 9.17) is 4.74 Å². The van der Waals surface area contributed by atoms with Crippen LogP contribution in [0.15, 0.2) is 164 Å². The number of hydrogen-bond acceptors (Lipinski definition) is 2. The molecule has 236 valence electrons. The second-order valence-corrected chi connectivity index (χ2v) is 14.4. The predicted octanol–water partition coefficient (Wildman–Crippen LogP) is 12.6. The molecule has 8 aromatic carbocycles. The van der Waals surface area contributed by atoms with E-state index in [2.05, 4.69) is 183 Å². The first kappa shape index (κ1) is 27.8. The van der Waals surface area contributed by atoms with Crippen molar-refractivity contribution < 1.29 is 4.74 Å². The lowest BCUT2D eigenvalue weighted by molar-refractivity contribution is 0.447. The summed E-state index contributed by atoms with van der Waals surface area (Å²) in [6.07, 6.45) is 0. The molecule has 0 unspecified atom stereocenters. The smallest absolute Gasteiger partial charge is 0.140 e. The Kier molecular flexibility index (Phi) is 5.41. The number of benzene rings is 8. The van der Waals surface area contributed by atoms with Gasteiger partial charge in [-0.25, -0.2) is 0 Å². The molecule has 11 rings (SSSR count). The van der Waals surface area contributed by atoms with Crippen LogP contribution in [0.25, 0.3) is 32.7 Å². The molecule has 2 heteroatoms. The van der Waals surface area contributed by atoms with Crippen molar-refractivity contribution >= 4 is 38.6 Å². The number of fused-ring (bicyclic) bond motifs is 15. The topological polar surface area (TPSA) is 12.5 Å². The highest BCUT2D eigenvalue weighted by atomic mass is 16.5. The van der Waals surface area contributed by atoms with E-state index in [-0.39, 0.29) is 5.41 Å². The van der Waals surface area contributed by atoms with Gasteiger partial charge in [-0.2, -0.15) is 0 Å². The van der Waals surface area contributed by atoms with Crippen molar-refractivity contribution in [2.45, 2.75) is 24.7 Å². The molecule has 0 amide bonds. The monoisotopic (exact) mass is 639 g/mol. The van der Waals surface area contributed by atoms with Crippen LogP contribution in [0.2, 0.25) is 0 Å². The van der Waals surface area contributed by atoms with Gasteiger partial charge in [-0.3, -0.25) is 0 Å². The number of nitrogens with zero attached hydrogens (tertiary/aromatic N) is 1.